The first-order valence-electron chi connectivity index (χ1n) is 16.8. The van der Waals surface area contributed by atoms with E-state index in [0.717, 1.165) is 57.4 Å². The van der Waals surface area contributed by atoms with Crippen molar-refractivity contribution < 1.29 is 52.4 Å². The van der Waals surface area contributed by atoms with Gasteiger partial charge in [-0.25, -0.2) is 14.4 Å². The first-order valence-corrected chi connectivity index (χ1v) is 16.8. The highest BCUT2D eigenvalue weighted by molar-refractivity contribution is 5.93. The molecule has 50 heavy (non-hydrogen) atoms. The molecule has 0 unspecified atom stereocenters. The second-order valence-corrected chi connectivity index (χ2v) is 11.1. The van der Waals surface area contributed by atoms with Crippen molar-refractivity contribution in [2.75, 3.05) is 26.4 Å². The highest BCUT2D eigenvalue weighted by atomic mass is 16.5. The maximum absolute atomic E-state index is 12.8. The Bertz CT molecular complexity index is 1550. The van der Waals surface area contributed by atoms with E-state index in [1.54, 1.807) is 55.5 Å². The number of carbonyl (C=O) groups excluding carboxylic acids is 5. The molecule has 0 aromatic heterocycles. The molecule has 266 valence electrons. The van der Waals surface area contributed by atoms with Gasteiger partial charge in [0.1, 0.15) is 23.0 Å². The minimum absolute atomic E-state index is 0.0206. The average molecular weight is 689 g/mol. The molecule has 11 heteroatoms. The Morgan fingerprint density at radius 2 is 1.08 bits per heavy atom. The summed E-state index contributed by atoms with van der Waals surface area (Å²) in [6.07, 6.45) is 9.00. The summed E-state index contributed by atoms with van der Waals surface area (Å²) >= 11 is 0. The zero-order valence-electron chi connectivity index (χ0n) is 28.4. The van der Waals surface area contributed by atoms with Crippen LogP contribution in [0.3, 0.4) is 0 Å². The summed E-state index contributed by atoms with van der Waals surface area (Å²) in [4.78, 5) is 59.4. The first-order chi connectivity index (χ1) is 24.3. The number of carbonyl (C=O) groups is 5. The van der Waals surface area contributed by atoms with Gasteiger partial charge in [-0.2, -0.15) is 0 Å². The van der Waals surface area contributed by atoms with Crippen LogP contribution in [-0.4, -0.2) is 56.6 Å². The van der Waals surface area contributed by atoms with E-state index in [0.29, 0.717) is 50.6 Å². The topological polar surface area (TPSA) is 141 Å². The van der Waals surface area contributed by atoms with E-state index in [-0.39, 0.29) is 34.2 Å². The number of hydrogen-bond acceptors (Lipinski definition) is 11. The lowest BCUT2D eigenvalue weighted by Crippen LogP contribution is -2.11. The quantitative estimate of drug-likeness (QED) is 0.0322. The normalized spacial score (nSPS) is 10.4. The lowest BCUT2D eigenvalue weighted by atomic mass is 10.2. The Hall–Kier alpha value is -5.45. The van der Waals surface area contributed by atoms with Crippen LogP contribution in [0.5, 0.6) is 23.0 Å². The standard InChI is InChI=1S/C39H44O11/c1-3-36(41)47-25-11-7-5-9-23-45-32-17-13-29(14-18-32)38(43)49-34-21-22-35(31(27-34)28-40)50-39(44)30-15-19-33(20-16-30)46-24-10-6-8-12-26-48-37(42)4-2/h3,13-22,27-28H,1,4-12,23-26H2,2H3. The predicted molar refractivity (Wildman–Crippen MR) is 185 cm³/mol. The third kappa shape index (κ3) is 14.3. The van der Waals surface area contributed by atoms with Crippen molar-refractivity contribution in [3.8, 4) is 23.0 Å². The largest absolute Gasteiger partial charge is 0.494 e. The predicted octanol–water partition coefficient (Wildman–Crippen LogP) is 7.50. The minimum atomic E-state index is -0.665. The zero-order chi connectivity index (χ0) is 36.0. The summed E-state index contributed by atoms with van der Waals surface area (Å²) in [6.45, 7) is 6.95. The molecule has 0 amide bonds. The summed E-state index contributed by atoms with van der Waals surface area (Å²) in [5, 5.41) is 0. The van der Waals surface area contributed by atoms with Crippen molar-refractivity contribution in [1.82, 2.24) is 0 Å². The first kappa shape index (κ1) is 39.0. The smallest absolute Gasteiger partial charge is 0.343 e. The van der Waals surface area contributed by atoms with Gasteiger partial charge in [0, 0.05) is 12.5 Å². The molecule has 0 saturated heterocycles. The van der Waals surface area contributed by atoms with Gasteiger partial charge in [-0.1, -0.05) is 13.5 Å². The third-order valence-corrected chi connectivity index (χ3v) is 7.28. The van der Waals surface area contributed by atoms with E-state index in [1.165, 1.54) is 18.2 Å². The van der Waals surface area contributed by atoms with Crippen LogP contribution >= 0.6 is 0 Å². The summed E-state index contributed by atoms with van der Waals surface area (Å²) in [5.74, 6) is -0.558. The van der Waals surface area contributed by atoms with Gasteiger partial charge in [0.05, 0.1) is 43.1 Å². The van der Waals surface area contributed by atoms with E-state index in [2.05, 4.69) is 6.58 Å². The van der Waals surface area contributed by atoms with Crippen LogP contribution in [0, 0.1) is 0 Å². The molecule has 3 aromatic carbocycles. The number of esters is 4. The minimum Gasteiger partial charge on any atom is -0.494 e. The van der Waals surface area contributed by atoms with E-state index in [9.17, 15) is 24.0 Å². The number of ether oxygens (including phenoxy) is 6. The van der Waals surface area contributed by atoms with Crippen LogP contribution in [0.2, 0.25) is 0 Å². The summed E-state index contributed by atoms with van der Waals surface area (Å²) in [7, 11) is 0. The number of unbranched alkanes of at least 4 members (excludes halogenated alkanes) is 6. The summed E-state index contributed by atoms with van der Waals surface area (Å²) < 4.78 is 32.3. The lowest BCUT2D eigenvalue weighted by molar-refractivity contribution is -0.143. The summed E-state index contributed by atoms with van der Waals surface area (Å²) in [6, 6.07) is 17.1. The molecule has 3 rings (SSSR count). The van der Waals surface area contributed by atoms with Crippen LogP contribution in [0.1, 0.15) is 95.8 Å². The van der Waals surface area contributed by atoms with Crippen LogP contribution in [0.25, 0.3) is 0 Å². The number of benzene rings is 3. The number of rotatable bonds is 23. The van der Waals surface area contributed by atoms with Gasteiger partial charge in [0.25, 0.3) is 0 Å². The van der Waals surface area contributed by atoms with E-state index >= 15 is 0 Å². The van der Waals surface area contributed by atoms with Crippen molar-refractivity contribution in [1.29, 1.82) is 0 Å². The Morgan fingerprint density at radius 3 is 1.58 bits per heavy atom. The molecule has 0 aliphatic carbocycles. The van der Waals surface area contributed by atoms with Gasteiger partial charge < -0.3 is 28.4 Å². The number of hydrogen-bond donors (Lipinski definition) is 0. The maximum atomic E-state index is 12.8. The van der Waals surface area contributed by atoms with Crippen LogP contribution < -0.4 is 18.9 Å². The van der Waals surface area contributed by atoms with E-state index in [4.69, 9.17) is 28.4 Å². The molecule has 0 aliphatic heterocycles. The average Bonchev–Trinajstić information content (AvgIpc) is 3.14. The fraction of sp³-hybridized carbons (Fsp3) is 0.359. The molecule has 0 heterocycles. The third-order valence-electron chi connectivity index (χ3n) is 7.28. The Morgan fingerprint density at radius 1 is 0.600 bits per heavy atom. The highest BCUT2D eigenvalue weighted by Gasteiger charge is 2.15. The second-order valence-electron chi connectivity index (χ2n) is 11.1. The maximum Gasteiger partial charge on any atom is 0.343 e. The van der Waals surface area contributed by atoms with Crippen molar-refractivity contribution >= 4 is 30.2 Å². The Kier molecular flexibility index (Phi) is 17.3. The molecule has 0 saturated carbocycles. The van der Waals surface area contributed by atoms with Gasteiger partial charge >= 0.3 is 23.9 Å². The van der Waals surface area contributed by atoms with Gasteiger partial charge in [-0.05, 0) is 118 Å². The van der Waals surface area contributed by atoms with Crippen molar-refractivity contribution in [3.05, 3.63) is 96.1 Å². The van der Waals surface area contributed by atoms with Crippen LogP contribution in [-0.2, 0) is 19.1 Å². The van der Waals surface area contributed by atoms with E-state index in [1.807, 2.05) is 0 Å². The van der Waals surface area contributed by atoms with Gasteiger partial charge in [0.15, 0.2) is 6.29 Å². The van der Waals surface area contributed by atoms with Crippen LogP contribution in [0.4, 0.5) is 0 Å². The highest BCUT2D eigenvalue weighted by Crippen LogP contribution is 2.25. The molecular formula is C39H44O11. The van der Waals surface area contributed by atoms with Crippen molar-refractivity contribution in [2.24, 2.45) is 0 Å². The lowest BCUT2D eigenvalue weighted by Gasteiger charge is -2.11. The number of aldehydes is 1. The van der Waals surface area contributed by atoms with Gasteiger partial charge in [0.2, 0.25) is 0 Å². The Balaban J connectivity index is 1.39. The summed E-state index contributed by atoms with van der Waals surface area (Å²) in [5.41, 5.74) is 0.588. The molecular weight excluding hydrogens is 644 g/mol. The molecule has 0 atom stereocenters. The van der Waals surface area contributed by atoms with E-state index < -0.39 is 17.9 Å². The molecule has 3 aromatic rings. The molecule has 0 N–H and O–H groups in total. The second kappa shape index (κ2) is 22.2. The monoisotopic (exact) mass is 688 g/mol. The molecule has 11 nitrogen and oxygen atoms in total. The molecule has 0 spiro atoms. The van der Waals surface area contributed by atoms with Crippen molar-refractivity contribution in [3.63, 3.8) is 0 Å². The van der Waals surface area contributed by atoms with Gasteiger partial charge in [-0.3, -0.25) is 9.59 Å². The SMILES string of the molecule is C=CC(=O)OCCCCCCOc1ccc(C(=O)Oc2ccc(OC(=O)c3ccc(OCCCCCCOC(=O)CC)cc3)c(C=O)c2)cc1. The molecule has 0 bridgehead atoms. The molecule has 0 radical (unpaired) electrons. The molecule has 0 aliphatic rings. The fourth-order valence-corrected chi connectivity index (χ4v) is 4.49. The Labute approximate surface area is 292 Å². The fourth-order valence-electron chi connectivity index (χ4n) is 4.49. The molecule has 0 fully saturated rings. The zero-order valence-corrected chi connectivity index (χ0v) is 28.4. The van der Waals surface area contributed by atoms with Crippen LogP contribution in [0.15, 0.2) is 79.4 Å². The van der Waals surface area contributed by atoms with Crippen molar-refractivity contribution in [2.45, 2.75) is 64.7 Å². The van der Waals surface area contributed by atoms with Gasteiger partial charge in [-0.15, -0.1) is 0 Å².